The second-order valence-electron chi connectivity index (χ2n) is 2.92. The molecule has 0 saturated carbocycles. The summed E-state index contributed by atoms with van der Waals surface area (Å²) >= 11 is 0.254. The van der Waals surface area contributed by atoms with Crippen molar-refractivity contribution in [2.75, 3.05) is 0 Å². The van der Waals surface area contributed by atoms with Crippen molar-refractivity contribution in [3.8, 4) is 0 Å². The van der Waals surface area contributed by atoms with Crippen LogP contribution in [0.3, 0.4) is 0 Å². The average molecular weight is 261 g/mol. The Hall–Kier alpha value is -0.0500. The van der Waals surface area contributed by atoms with Crippen molar-refractivity contribution >= 4 is 0 Å². The number of benzene rings is 1. The number of hydrogen-bond donors (Lipinski definition) is 0. The predicted molar refractivity (Wildman–Crippen MR) is 45.0 cm³/mol. The van der Waals surface area contributed by atoms with Gasteiger partial charge >= 0.3 is 21.2 Å². The van der Waals surface area contributed by atoms with E-state index >= 15 is 0 Å². The van der Waals surface area contributed by atoms with Gasteiger partial charge in [0.2, 0.25) is 0 Å². The molecule has 0 aliphatic carbocycles. The van der Waals surface area contributed by atoms with Gasteiger partial charge in [-0.05, 0) is 32.9 Å². The van der Waals surface area contributed by atoms with Crippen LogP contribution in [-0.2, 0) is 0 Å². The lowest BCUT2D eigenvalue weighted by molar-refractivity contribution is -0.656. The molecule has 0 nitrogen and oxygen atoms in total. The quantitative estimate of drug-likeness (QED) is 0.505. The topological polar surface area (TPSA) is 0 Å². The third-order valence-corrected chi connectivity index (χ3v) is 4.04. The summed E-state index contributed by atoms with van der Waals surface area (Å²) in [4.78, 5) is 0. The Balaban J connectivity index is 2.66. The van der Waals surface area contributed by atoms with Crippen LogP contribution in [0.2, 0.25) is 0 Å². The Morgan fingerprint density at radius 3 is 2.09 bits per heavy atom. The third-order valence-electron chi connectivity index (χ3n) is 1.36. The molecule has 60 valence electrons. The molecule has 0 amide bonds. The van der Waals surface area contributed by atoms with Crippen molar-refractivity contribution in [2.45, 2.75) is 24.7 Å². The molecule has 0 aromatic heterocycles. The number of hydrogen-bond acceptors (Lipinski definition) is 0. The van der Waals surface area contributed by atoms with Gasteiger partial charge in [0.15, 0.2) is 7.49 Å². The molecule has 0 aliphatic heterocycles. The number of halogens is 1. The van der Waals surface area contributed by atoms with Gasteiger partial charge in [-0.15, -0.1) is 0 Å². The van der Waals surface area contributed by atoms with Crippen LogP contribution in [0.4, 0.5) is 0 Å². The maximum atomic E-state index is 2.30. The molecule has 1 aromatic carbocycles. The van der Waals surface area contributed by atoms with Gasteiger partial charge < -0.3 is 0 Å². The predicted octanol–water partition coefficient (Wildman–Crippen LogP) is -0.338. The fourth-order valence-electron chi connectivity index (χ4n) is 0.858. The smallest absolute Gasteiger partial charge is 0.0548 e. The lowest BCUT2D eigenvalue weighted by Crippen LogP contribution is -3.64. The first-order valence-corrected chi connectivity index (χ1v) is 6.21. The van der Waals surface area contributed by atoms with Crippen LogP contribution in [0.25, 0.3) is 0 Å². The van der Waals surface area contributed by atoms with Crippen molar-refractivity contribution in [3.05, 3.63) is 33.4 Å². The molecular weight excluding hydrogens is 247 g/mol. The van der Waals surface area contributed by atoms with Gasteiger partial charge in [-0.3, -0.25) is 0 Å². The summed E-state index contributed by atoms with van der Waals surface area (Å²) in [5.74, 6) is 0. The second-order valence-corrected chi connectivity index (χ2v) is 7.28. The highest BCUT2D eigenvalue weighted by molar-refractivity contribution is 5.11. The molecule has 0 fully saturated rings. The first kappa shape index (κ1) is 9.04. The Labute approximate surface area is 79.3 Å². The lowest BCUT2D eigenvalue weighted by Gasteiger charge is -1.89. The summed E-state index contributed by atoms with van der Waals surface area (Å²) in [5.41, 5.74) is 1.36. The Kier molecular flexibility index (Phi) is 3.37. The normalized spacial score (nSPS) is 10.5. The van der Waals surface area contributed by atoms with Crippen molar-refractivity contribution in [2.24, 2.45) is 0 Å². The van der Waals surface area contributed by atoms with Gasteiger partial charge in [0.05, 0.1) is 0 Å². The maximum Gasteiger partial charge on any atom is 0.315 e. The van der Waals surface area contributed by atoms with Gasteiger partial charge in [0.1, 0.15) is 0 Å². The molecule has 11 heavy (non-hydrogen) atoms. The van der Waals surface area contributed by atoms with Crippen LogP contribution in [0.15, 0.2) is 24.3 Å². The van der Waals surface area contributed by atoms with E-state index in [0.717, 1.165) is 3.92 Å². The number of rotatable bonds is 2. The second kappa shape index (κ2) is 4.10. The van der Waals surface area contributed by atoms with Crippen LogP contribution >= 0.6 is 0 Å². The first-order chi connectivity index (χ1) is 5.18. The highest BCUT2D eigenvalue weighted by atomic mass is 127. The van der Waals surface area contributed by atoms with E-state index in [1.165, 1.54) is 5.56 Å². The Bertz CT molecular complexity index is 211. The molecule has 0 spiro atoms. The zero-order chi connectivity index (χ0) is 8.27. The van der Waals surface area contributed by atoms with E-state index in [2.05, 4.69) is 45.0 Å². The van der Waals surface area contributed by atoms with E-state index < -0.39 is 0 Å². The van der Waals surface area contributed by atoms with Crippen molar-refractivity contribution in [3.63, 3.8) is 0 Å². The Morgan fingerprint density at radius 1 is 1.09 bits per heavy atom. The van der Waals surface area contributed by atoms with Crippen LogP contribution in [0, 0.1) is 10.5 Å². The fraction of sp³-hybridized carbons (Fsp3) is 0.400. The minimum Gasteiger partial charge on any atom is -0.0548 e. The largest absolute Gasteiger partial charge is 0.315 e. The lowest BCUT2D eigenvalue weighted by atomic mass is 10.2. The molecular formula is C10H14I+. The fourth-order valence-corrected chi connectivity index (χ4v) is 3.07. The third kappa shape index (κ3) is 3.23. The van der Waals surface area contributed by atoms with Crippen LogP contribution in [0.5, 0.6) is 0 Å². The van der Waals surface area contributed by atoms with Gasteiger partial charge in [0.25, 0.3) is 0 Å². The summed E-state index contributed by atoms with van der Waals surface area (Å²) in [5, 5.41) is 0. The van der Waals surface area contributed by atoms with E-state index in [1.807, 2.05) is 0 Å². The summed E-state index contributed by atoms with van der Waals surface area (Å²) in [7, 11) is 0. The Morgan fingerprint density at radius 2 is 1.64 bits per heavy atom. The molecule has 0 unspecified atom stereocenters. The van der Waals surface area contributed by atoms with Crippen molar-refractivity contribution < 1.29 is 21.2 Å². The molecule has 1 rings (SSSR count). The van der Waals surface area contributed by atoms with Gasteiger partial charge in [0, 0.05) is 0 Å². The van der Waals surface area contributed by atoms with E-state index in [9.17, 15) is 0 Å². The van der Waals surface area contributed by atoms with Gasteiger partial charge in [-0.2, -0.15) is 0 Å². The van der Waals surface area contributed by atoms with Crippen LogP contribution in [-0.4, -0.2) is 3.92 Å². The molecule has 0 N–H and O–H groups in total. The summed E-state index contributed by atoms with van der Waals surface area (Å²) in [6, 6.07) is 8.94. The van der Waals surface area contributed by atoms with Gasteiger partial charge in [-0.1, -0.05) is 17.7 Å². The van der Waals surface area contributed by atoms with E-state index in [1.54, 1.807) is 3.57 Å². The minimum absolute atomic E-state index is 0.254. The highest BCUT2D eigenvalue weighted by Crippen LogP contribution is 1.93. The molecule has 0 aliphatic rings. The molecule has 1 heteroatoms. The SMILES string of the molecule is Cc1ccc([I+]C(C)C)cc1. The summed E-state index contributed by atoms with van der Waals surface area (Å²) in [6.45, 7) is 6.73. The number of alkyl halides is 1. The molecule has 0 atom stereocenters. The molecule has 0 radical (unpaired) electrons. The van der Waals surface area contributed by atoms with Crippen LogP contribution < -0.4 is 21.2 Å². The van der Waals surface area contributed by atoms with E-state index in [0.29, 0.717) is 0 Å². The molecule has 1 aromatic rings. The molecule has 0 saturated heterocycles. The van der Waals surface area contributed by atoms with E-state index in [4.69, 9.17) is 0 Å². The number of aryl methyl sites for hydroxylation is 1. The van der Waals surface area contributed by atoms with Gasteiger partial charge in [-0.25, -0.2) is 0 Å². The first-order valence-electron chi connectivity index (χ1n) is 3.88. The molecule has 0 heterocycles. The minimum atomic E-state index is 0.254. The average Bonchev–Trinajstić information content (AvgIpc) is 1.93. The highest BCUT2D eigenvalue weighted by Gasteiger charge is 2.14. The standard InChI is InChI=1S/C10H14I/c1-8(2)11-10-6-4-9(3)5-7-10/h4-8H,1-3H3/q+1. The monoisotopic (exact) mass is 261 g/mol. The zero-order valence-electron chi connectivity index (χ0n) is 7.26. The summed E-state index contributed by atoms with van der Waals surface area (Å²) in [6.07, 6.45) is 0. The summed E-state index contributed by atoms with van der Waals surface area (Å²) < 4.78 is 2.43. The van der Waals surface area contributed by atoms with Crippen LogP contribution in [0.1, 0.15) is 19.4 Å². The van der Waals surface area contributed by atoms with Crippen molar-refractivity contribution in [1.29, 1.82) is 0 Å². The maximum absolute atomic E-state index is 2.30. The van der Waals surface area contributed by atoms with E-state index in [-0.39, 0.29) is 21.2 Å². The van der Waals surface area contributed by atoms with Crippen molar-refractivity contribution in [1.82, 2.24) is 0 Å². The molecule has 0 bridgehead atoms. The zero-order valence-corrected chi connectivity index (χ0v) is 9.42.